The van der Waals surface area contributed by atoms with Gasteiger partial charge in [-0.15, -0.1) is 0 Å². The van der Waals surface area contributed by atoms with E-state index in [9.17, 15) is 0 Å². The van der Waals surface area contributed by atoms with Crippen LogP contribution < -0.4 is 5.32 Å². The van der Waals surface area contributed by atoms with Crippen molar-refractivity contribution in [2.24, 2.45) is 0 Å². The Hall–Kier alpha value is -0.660. The van der Waals surface area contributed by atoms with Gasteiger partial charge in [0.2, 0.25) is 0 Å². The van der Waals surface area contributed by atoms with Crippen LogP contribution in [0.25, 0.3) is 0 Å². The minimum absolute atomic E-state index is 0.861. The number of methoxy groups -OCH3 is 1. The van der Waals surface area contributed by atoms with Gasteiger partial charge < -0.3 is 10.1 Å². The molecule has 0 spiro atoms. The lowest BCUT2D eigenvalue weighted by Gasteiger charge is -1.97. The van der Waals surface area contributed by atoms with Gasteiger partial charge >= 0.3 is 0 Å². The van der Waals surface area contributed by atoms with Gasteiger partial charge in [-0.1, -0.05) is 0 Å². The molecule has 2 heteroatoms. The first-order chi connectivity index (χ1) is 3.43. The van der Waals surface area contributed by atoms with Crippen LogP contribution in [0.4, 0.5) is 0 Å². The van der Waals surface area contributed by atoms with Gasteiger partial charge in [0.15, 0.2) is 5.88 Å². The largest absolute Gasteiger partial charge is 0.483 e. The molecule has 1 rings (SSSR count). The van der Waals surface area contributed by atoms with Crippen LogP contribution >= 0.6 is 0 Å². The molecule has 0 aromatic heterocycles. The molecule has 0 saturated carbocycles. The first-order valence-electron chi connectivity index (χ1n) is 2.25. The molecule has 0 unspecified atom stereocenters. The highest BCUT2D eigenvalue weighted by Crippen LogP contribution is 1.97. The molecular formula is C5H8NO. The van der Waals surface area contributed by atoms with Crippen LogP contribution in [0.2, 0.25) is 0 Å². The van der Waals surface area contributed by atoms with Crippen molar-refractivity contribution in [2.45, 2.75) is 0 Å². The van der Waals surface area contributed by atoms with Gasteiger partial charge in [0.1, 0.15) is 0 Å². The van der Waals surface area contributed by atoms with Gasteiger partial charge in [-0.3, -0.25) is 0 Å². The van der Waals surface area contributed by atoms with E-state index in [1.807, 2.05) is 12.5 Å². The number of hydrogen-bond acceptors (Lipinski definition) is 2. The summed E-state index contributed by atoms with van der Waals surface area (Å²) in [5.41, 5.74) is 0. The smallest absolute Gasteiger partial charge is 0.182 e. The first kappa shape index (κ1) is 4.50. The summed E-state index contributed by atoms with van der Waals surface area (Å²) >= 11 is 0. The molecule has 1 heterocycles. The summed E-state index contributed by atoms with van der Waals surface area (Å²) in [5.74, 6) is 0.861. The van der Waals surface area contributed by atoms with Gasteiger partial charge in [-0.05, 0) is 6.08 Å². The molecule has 2 nitrogen and oxygen atoms in total. The van der Waals surface area contributed by atoms with E-state index in [1.165, 1.54) is 0 Å². The Morgan fingerprint density at radius 1 is 1.86 bits per heavy atom. The monoisotopic (exact) mass is 98.1 g/mol. The van der Waals surface area contributed by atoms with E-state index in [2.05, 4.69) is 5.32 Å². The Morgan fingerprint density at radius 2 is 2.71 bits per heavy atom. The molecule has 0 bridgehead atoms. The molecule has 1 aliphatic rings. The summed E-state index contributed by atoms with van der Waals surface area (Å²) in [6.45, 7) is 0.906. The van der Waals surface area contributed by atoms with Gasteiger partial charge in [0.05, 0.1) is 7.11 Å². The fraction of sp³-hybridized carbons (Fsp3) is 0.400. The van der Waals surface area contributed by atoms with Gasteiger partial charge in [0, 0.05) is 13.0 Å². The third kappa shape index (κ3) is 0.856. The molecule has 0 fully saturated rings. The molecule has 0 amide bonds. The number of ether oxygens (including phenoxy) is 1. The van der Waals surface area contributed by atoms with Crippen molar-refractivity contribution in [2.75, 3.05) is 13.7 Å². The molecular weight excluding hydrogens is 90.1 g/mol. The Bertz CT molecular complexity index is 88.1. The molecule has 0 aliphatic carbocycles. The summed E-state index contributed by atoms with van der Waals surface area (Å²) in [7, 11) is 1.65. The third-order valence-corrected chi connectivity index (χ3v) is 0.883. The zero-order valence-electron chi connectivity index (χ0n) is 4.27. The zero-order chi connectivity index (χ0) is 5.11. The predicted molar refractivity (Wildman–Crippen MR) is 27.4 cm³/mol. The zero-order valence-corrected chi connectivity index (χ0v) is 4.27. The van der Waals surface area contributed by atoms with E-state index >= 15 is 0 Å². The Kier molecular flexibility index (Phi) is 1.20. The average molecular weight is 98.1 g/mol. The fourth-order valence-electron chi connectivity index (χ4n) is 0.525. The van der Waals surface area contributed by atoms with Gasteiger partial charge in [-0.2, -0.15) is 0 Å². The molecule has 39 valence electrons. The van der Waals surface area contributed by atoms with Crippen LogP contribution in [-0.2, 0) is 4.74 Å². The first-order valence-corrected chi connectivity index (χ1v) is 2.25. The highest BCUT2D eigenvalue weighted by Gasteiger charge is 1.99. The Morgan fingerprint density at radius 3 is 3.00 bits per heavy atom. The van der Waals surface area contributed by atoms with Crippen LogP contribution in [0.5, 0.6) is 0 Å². The van der Waals surface area contributed by atoms with Crippen molar-refractivity contribution in [1.29, 1.82) is 0 Å². The van der Waals surface area contributed by atoms with Crippen LogP contribution in [0.3, 0.4) is 0 Å². The highest BCUT2D eigenvalue weighted by molar-refractivity contribution is 5.08. The molecule has 1 radical (unpaired) electrons. The maximum Gasteiger partial charge on any atom is 0.182 e. The van der Waals surface area contributed by atoms with Crippen molar-refractivity contribution in [1.82, 2.24) is 5.32 Å². The lowest BCUT2D eigenvalue weighted by molar-refractivity contribution is 0.270. The SMILES string of the molecule is COC1=C[CH]CN1. The fourth-order valence-corrected chi connectivity index (χ4v) is 0.525. The van der Waals surface area contributed by atoms with Crippen molar-refractivity contribution in [3.63, 3.8) is 0 Å². The van der Waals surface area contributed by atoms with Crippen LogP contribution in [0.15, 0.2) is 12.0 Å². The maximum absolute atomic E-state index is 4.83. The highest BCUT2D eigenvalue weighted by atomic mass is 16.5. The summed E-state index contributed by atoms with van der Waals surface area (Å²) < 4.78 is 4.83. The summed E-state index contributed by atoms with van der Waals surface area (Å²) in [4.78, 5) is 0. The lowest BCUT2D eigenvalue weighted by Crippen LogP contribution is -2.08. The van der Waals surface area contributed by atoms with Gasteiger partial charge in [0.25, 0.3) is 0 Å². The average Bonchev–Trinajstić information content (AvgIpc) is 2.14. The molecule has 0 aromatic carbocycles. The van der Waals surface area contributed by atoms with E-state index in [0.29, 0.717) is 0 Å². The van der Waals surface area contributed by atoms with Crippen LogP contribution in [0.1, 0.15) is 0 Å². The van der Waals surface area contributed by atoms with Gasteiger partial charge in [-0.25, -0.2) is 0 Å². The molecule has 1 N–H and O–H groups in total. The van der Waals surface area contributed by atoms with Crippen LogP contribution in [-0.4, -0.2) is 13.7 Å². The van der Waals surface area contributed by atoms with E-state index in [0.717, 1.165) is 12.4 Å². The summed E-state index contributed by atoms with van der Waals surface area (Å²) in [5, 5.41) is 2.99. The molecule has 0 atom stereocenters. The van der Waals surface area contributed by atoms with Crippen molar-refractivity contribution >= 4 is 0 Å². The van der Waals surface area contributed by atoms with E-state index in [4.69, 9.17) is 4.74 Å². The van der Waals surface area contributed by atoms with Crippen molar-refractivity contribution < 1.29 is 4.74 Å². The molecule has 1 aliphatic heterocycles. The second-order valence-electron chi connectivity index (χ2n) is 1.35. The number of nitrogens with one attached hydrogen (secondary N) is 1. The topological polar surface area (TPSA) is 21.3 Å². The molecule has 7 heavy (non-hydrogen) atoms. The number of hydrogen-bond donors (Lipinski definition) is 1. The van der Waals surface area contributed by atoms with E-state index in [1.54, 1.807) is 7.11 Å². The summed E-state index contributed by atoms with van der Waals surface area (Å²) in [6, 6.07) is 0. The maximum atomic E-state index is 4.83. The van der Waals surface area contributed by atoms with E-state index < -0.39 is 0 Å². The van der Waals surface area contributed by atoms with Crippen molar-refractivity contribution in [3.05, 3.63) is 18.4 Å². The summed E-state index contributed by atoms with van der Waals surface area (Å²) in [6.07, 6.45) is 3.93. The molecule has 0 aromatic rings. The predicted octanol–water partition coefficient (Wildman–Crippen LogP) is 0.282. The lowest BCUT2D eigenvalue weighted by atomic mass is 10.5. The Labute approximate surface area is 43.2 Å². The number of rotatable bonds is 1. The molecule has 0 saturated heterocycles. The third-order valence-electron chi connectivity index (χ3n) is 0.883. The second kappa shape index (κ2) is 1.87. The van der Waals surface area contributed by atoms with Crippen molar-refractivity contribution in [3.8, 4) is 0 Å². The standard InChI is InChI=1S/C5H8NO/c1-7-5-3-2-4-6-5/h2-3,6H,4H2,1H3. The van der Waals surface area contributed by atoms with Crippen LogP contribution in [0, 0.1) is 6.42 Å². The minimum Gasteiger partial charge on any atom is -0.483 e. The Balaban J connectivity index is 2.36. The normalized spacial score (nSPS) is 18.1. The minimum atomic E-state index is 0.861. The second-order valence-corrected chi connectivity index (χ2v) is 1.35. The quantitative estimate of drug-likeness (QED) is 0.508. The van der Waals surface area contributed by atoms with E-state index in [-0.39, 0.29) is 0 Å².